The summed E-state index contributed by atoms with van der Waals surface area (Å²) in [4.78, 5) is 11.9. The highest BCUT2D eigenvalue weighted by atomic mass is 35.5. The fourth-order valence-corrected chi connectivity index (χ4v) is 2.79. The van der Waals surface area contributed by atoms with E-state index in [-0.39, 0.29) is 18.0 Å². The number of hydrogen-bond acceptors (Lipinski definition) is 4. The van der Waals surface area contributed by atoms with Crippen LogP contribution in [0.4, 0.5) is 0 Å². The first-order valence-corrected chi connectivity index (χ1v) is 9.73. The van der Waals surface area contributed by atoms with Crippen molar-refractivity contribution in [1.29, 1.82) is 0 Å². The summed E-state index contributed by atoms with van der Waals surface area (Å²) in [6.45, 7) is 11.6. The summed E-state index contributed by atoms with van der Waals surface area (Å²) in [5, 5.41) is 11.3. The van der Waals surface area contributed by atoms with E-state index < -0.39 is 11.2 Å². The van der Waals surface area contributed by atoms with Crippen LogP contribution in [0.15, 0.2) is 24.3 Å². The molecule has 0 spiro atoms. The molecule has 0 aliphatic rings. The Hall–Kier alpha value is -1.10. The molecule has 0 bridgehead atoms. The van der Waals surface area contributed by atoms with Crippen molar-refractivity contribution in [3.63, 3.8) is 0 Å². The molecule has 148 valence electrons. The molecule has 0 heterocycles. The molecule has 0 fully saturated rings. The van der Waals surface area contributed by atoms with Gasteiger partial charge in [-0.25, -0.2) is 0 Å². The van der Waals surface area contributed by atoms with Crippen molar-refractivity contribution < 1.29 is 19.4 Å². The third-order valence-electron chi connectivity index (χ3n) is 4.60. The number of hydrogen-bond donors (Lipinski definition) is 1. The van der Waals surface area contributed by atoms with E-state index in [2.05, 4.69) is 0 Å². The molecular formula is C21H33ClO4. The molecule has 4 nitrogen and oxygen atoms in total. The number of esters is 1. The largest absolute Gasteiger partial charge is 0.465 e. The Morgan fingerprint density at radius 1 is 1.19 bits per heavy atom. The van der Waals surface area contributed by atoms with E-state index >= 15 is 0 Å². The van der Waals surface area contributed by atoms with Crippen molar-refractivity contribution in [1.82, 2.24) is 0 Å². The molecule has 0 aliphatic heterocycles. The molecule has 0 saturated heterocycles. The molecule has 1 aromatic rings. The minimum Gasteiger partial charge on any atom is -0.465 e. The van der Waals surface area contributed by atoms with Gasteiger partial charge in [0.1, 0.15) is 0 Å². The Morgan fingerprint density at radius 2 is 1.77 bits per heavy atom. The van der Waals surface area contributed by atoms with Gasteiger partial charge in [0, 0.05) is 5.02 Å². The number of carbonyl (C=O) groups is 1. The van der Waals surface area contributed by atoms with Crippen LogP contribution in [0.25, 0.3) is 0 Å². The Bertz CT molecular complexity index is 576. The summed E-state index contributed by atoms with van der Waals surface area (Å²) < 4.78 is 11.5. The van der Waals surface area contributed by atoms with E-state index in [0.29, 0.717) is 30.9 Å². The van der Waals surface area contributed by atoms with Crippen LogP contribution in [-0.4, -0.2) is 23.5 Å². The summed E-state index contributed by atoms with van der Waals surface area (Å²) in [7, 11) is 0. The zero-order valence-corrected chi connectivity index (χ0v) is 17.6. The molecule has 0 aliphatic carbocycles. The predicted octanol–water partition coefficient (Wildman–Crippen LogP) is 5.52. The molecule has 2 atom stereocenters. The molecule has 0 saturated carbocycles. The lowest BCUT2D eigenvalue weighted by Gasteiger charge is -2.35. The number of halogens is 1. The van der Waals surface area contributed by atoms with Gasteiger partial charge in [-0.05, 0) is 57.6 Å². The van der Waals surface area contributed by atoms with E-state index in [9.17, 15) is 9.90 Å². The first-order valence-electron chi connectivity index (χ1n) is 9.36. The molecule has 1 N–H and O–H groups in total. The highest BCUT2D eigenvalue weighted by Crippen LogP contribution is 2.37. The van der Waals surface area contributed by atoms with Gasteiger partial charge in [-0.1, -0.05) is 50.6 Å². The van der Waals surface area contributed by atoms with Crippen LogP contribution < -0.4 is 0 Å². The maximum absolute atomic E-state index is 11.9. The Labute approximate surface area is 162 Å². The SMILES string of the molecule is CCC(O)(CC)O[C@H](c1ccccc1Cl)[C@H](C)CCOC(=O)C(C)(C)C. The fraction of sp³-hybridized carbons (Fsp3) is 0.667. The Morgan fingerprint density at radius 3 is 2.27 bits per heavy atom. The Balaban J connectivity index is 2.91. The van der Waals surface area contributed by atoms with Gasteiger partial charge in [0.25, 0.3) is 0 Å². The van der Waals surface area contributed by atoms with Gasteiger partial charge in [0.15, 0.2) is 5.79 Å². The zero-order valence-electron chi connectivity index (χ0n) is 16.8. The van der Waals surface area contributed by atoms with Crippen molar-refractivity contribution in [3.05, 3.63) is 34.9 Å². The Kier molecular flexibility index (Phi) is 8.58. The zero-order chi connectivity index (χ0) is 20.0. The highest BCUT2D eigenvalue weighted by Gasteiger charge is 2.32. The maximum atomic E-state index is 11.9. The lowest BCUT2D eigenvalue weighted by atomic mass is 9.93. The molecule has 1 aromatic carbocycles. The number of carbonyl (C=O) groups excluding carboxylic acids is 1. The lowest BCUT2D eigenvalue weighted by molar-refractivity contribution is -0.245. The van der Waals surface area contributed by atoms with Gasteiger partial charge < -0.3 is 14.6 Å². The molecule has 0 amide bonds. The van der Waals surface area contributed by atoms with Crippen LogP contribution in [0.2, 0.25) is 5.02 Å². The molecular weight excluding hydrogens is 352 g/mol. The minimum absolute atomic E-state index is 0.00675. The van der Waals surface area contributed by atoms with Gasteiger partial charge >= 0.3 is 5.97 Å². The number of ether oxygens (including phenoxy) is 2. The molecule has 0 aromatic heterocycles. The van der Waals surface area contributed by atoms with Crippen molar-refractivity contribution in [2.45, 2.75) is 72.7 Å². The fourth-order valence-electron chi connectivity index (χ4n) is 2.55. The maximum Gasteiger partial charge on any atom is 0.311 e. The van der Waals surface area contributed by atoms with E-state index in [0.717, 1.165) is 5.56 Å². The average Bonchev–Trinajstić information content (AvgIpc) is 2.59. The number of aliphatic hydroxyl groups is 1. The minimum atomic E-state index is -1.21. The molecule has 0 unspecified atom stereocenters. The summed E-state index contributed by atoms with van der Waals surface area (Å²) in [6, 6.07) is 7.50. The van der Waals surface area contributed by atoms with Gasteiger partial charge in [0.05, 0.1) is 18.1 Å². The molecule has 0 radical (unpaired) electrons. The first-order chi connectivity index (χ1) is 12.0. The van der Waals surface area contributed by atoms with Gasteiger partial charge in [-0.3, -0.25) is 4.79 Å². The summed E-state index contributed by atoms with van der Waals surface area (Å²) >= 11 is 6.38. The van der Waals surface area contributed by atoms with E-state index in [1.807, 2.05) is 65.8 Å². The van der Waals surface area contributed by atoms with Gasteiger partial charge in [0.2, 0.25) is 0 Å². The van der Waals surface area contributed by atoms with E-state index in [1.54, 1.807) is 0 Å². The van der Waals surface area contributed by atoms with E-state index in [1.165, 1.54) is 0 Å². The van der Waals surface area contributed by atoms with Crippen LogP contribution in [0, 0.1) is 11.3 Å². The average molecular weight is 385 g/mol. The monoisotopic (exact) mass is 384 g/mol. The third kappa shape index (κ3) is 6.57. The molecule has 1 rings (SSSR count). The van der Waals surface area contributed by atoms with Crippen LogP contribution in [-0.2, 0) is 14.3 Å². The second-order valence-electron chi connectivity index (χ2n) is 7.87. The van der Waals surface area contributed by atoms with E-state index in [4.69, 9.17) is 21.1 Å². The second-order valence-corrected chi connectivity index (χ2v) is 8.27. The highest BCUT2D eigenvalue weighted by molar-refractivity contribution is 6.31. The van der Waals surface area contributed by atoms with Crippen molar-refractivity contribution in [2.24, 2.45) is 11.3 Å². The molecule has 5 heteroatoms. The normalized spacial score (nSPS) is 14.8. The van der Waals surface area contributed by atoms with Crippen LogP contribution in [0.1, 0.15) is 72.5 Å². The predicted molar refractivity (Wildman–Crippen MR) is 105 cm³/mol. The number of rotatable bonds is 9. The smallest absolute Gasteiger partial charge is 0.311 e. The summed E-state index contributed by atoms with van der Waals surface area (Å²) in [5.41, 5.74) is 0.316. The third-order valence-corrected chi connectivity index (χ3v) is 4.94. The van der Waals surface area contributed by atoms with Crippen molar-refractivity contribution in [2.75, 3.05) is 6.61 Å². The lowest BCUT2D eigenvalue weighted by Crippen LogP contribution is -2.34. The van der Waals surface area contributed by atoms with Crippen LogP contribution in [0.3, 0.4) is 0 Å². The topological polar surface area (TPSA) is 55.8 Å². The second kappa shape index (κ2) is 9.72. The molecule has 26 heavy (non-hydrogen) atoms. The van der Waals surface area contributed by atoms with Crippen LogP contribution in [0.5, 0.6) is 0 Å². The standard InChI is InChI=1S/C21H33ClO4/c1-7-21(24,8-2)26-18(16-11-9-10-12-17(16)22)15(3)13-14-25-19(23)20(4,5)6/h9-12,15,18,24H,7-8,13-14H2,1-6H3/t15-,18+/m1/s1. The van der Waals surface area contributed by atoms with Gasteiger partial charge in [-0.15, -0.1) is 0 Å². The number of benzene rings is 1. The van der Waals surface area contributed by atoms with Crippen LogP contribution >= 0.6 is 11.6 Å². The first kappa shape index (κ1) is 22.9. The summed E-state index contributed by atoms with van der Waals surface area (Å²) in [5.74, 6) is -1.42. The van der Waals surface area contributed by atoms with Crippen molar-refractivity contribution >= 4 is 17.6 Å². The van der Waals surface area contributed by atoms with Crippen molar-refractivity contribution in [3.8, 4) is 0 Å². The van der Waals surface area contributed by atoms with Gasteiger partial charge in [-0.2, -0.15) is 0 Å². The quantitative estimate of drug-likeness (QED) is 0.449. The summed E-state index contributed by atoms with van der Waals surface area (Å²) in [6.07, 6.45) is 1.19.